The molecule has 0 N–H and O–H groups in total. The van der Waals surface area contributed by atoms with Crippen LogP contribution in [0.5, 0.6) is 0 Å². The minimum atomic E-state index is 1.09. The molecule has 3 aromatic carbocycles. The number of hydrogen-bond donors (Lipinski definition) is 0. The highest BCUT2D eigenvalue weighted by Crippen LogP contribution is 2.48. The predicted octanol–water partition coefficient (Wildman–Crippen LogP) is 5.36. The van der Waals surface area contributed by atoms with Gasteiger partial charge in [0.15, 0.2) is 0 Å². The summed E-state index contributed by atoms with van der Waals surface area (Å²) in [4.78, 5) is 0. The van der Waals surface area contributed by atoms with Crippen LogP contribution in [0.15, 0.2) is 48.5 Å². The van der Waals surface area contributed by atoms with Gasteiger partial charge in [0, 0.05) is 0 Å². The molecule has 4 rings (SSSR count). The van der Waals surface area contributed by atoms with Gasteiger partial charge in [-0.25, -0.2) is 0 Å². The molecule has 0 nitrogen and oxygen atoms in total. The second-order valence-electron chi connectivity index (χ2n) is 5.35. The van der Waals surface area contributed by atoms with Crippen molar-refractivity contribution in [3.63, 3.8) is 0 Å². The van der Waals surface area contributed by atoms with Crippen molar-refractivity contribution in [3.05, 3.63) is 59.7 Å². The van der Waals surface area contributed by atoms with E-state index >= 15 is 0 Å². The lowest BCUT2D eigenvalue weighted by atomic mass is 9.94. The van der Waals surface area contributed by atoms with Gasteiger partial charge < -0.3 is 0 Å². The molecule has 0 atom stereocenters. The molecule has 3 aromatic rings. The average molecular weight is 244 g/mol. The van der Waals surface area contributed by atoms with E-state index in [1.54, 1.807) is 0 Å². The summed E-state index contributed by atoms with van der Waals surface area (Å²) in [6.07, 6.45) is 1.09. The second kappa shape index (κ2) is 3.71. The summed E-state index contributed by atoms with van der Waals surface area (Å²) in [7, 11) is 0. The molecule has 0 spiro atoms. The first-order chi connectivity index (χ1) is 9.31. The molecule has 0 radical (unpaired) electrons. The van der Waals surface area contributed by atoms with Crippen LogP contribution in [-0.4, -0.2) is 0 Å². The van der Waals surface area contributed by atoms with Gasteiger partial charge in [-0.3, -0.25) is 0 Å². The maximum absolute atomic E-state index is 2.30. The summed E-state index contributed by atoms with van der Waals surface area (Å²) in [5.74, 6) is 0. The smallest absolute Gasteiger partial charge is 0.00209 e. The van der Waals surface area contributed by atoms with Crippen molar-refractivity contribution in [1.29, 1.82) is 0 Å². The van der Waals surface area contributed by atoms with Crippen LogP contribution < -0.4 is 0 Å². The van der Waals surface area contributed by atoms with Crippen molar-refractivity contribution in [3.8, 4) is 22.3 Å². The van der Waals surface area contributed by atoms with E-state index in [9.17, 15) is 0 Å². The first-order valence-corrected chi connectivity index (χ1v) is 6.96. The van der Waals surface area contributed by atoms with Gasteiger partial charge in [0.05, 0.1) is 0 Å². The van der Waals surface area contributed by atoms with Crippen LogP contribution in [-0.2, 0) is 6.42 Å². The van der Waals surface area contributed by atoms with E-state index in [4.69, 9.17) is 0 Å². The Kier molecular flexibility index (Phi) is 2.11. The van der Waals surface area contributed by atoms with Crippen LogP contribution in [0.1, 0.15) is 18.1 Å². The molecule has 0 aromatic heterocycles. The molecular formula is C19H16. The molecule has 1 aliphatic rings. The third-order valence-electron chi connectivity index (χ3n) is 4.34. The summed E-state index contributed by atoms with van der Waals surface area (Å²) in [6.45, 7) is 4.47. The Morgan fingerprint density at radius 2 is 1.32 bits per heavy atom. The zero-order valence-electron chi connectivity index (χ0n) is 11.3. The molecular weight excluding hydrogens is 228 g/mol. The average Bonchev–Trinajstić information content (AvgIpc) is 2.78. The van der Waals surface area contributed by atoms with E-state index in [2.05, 4.69) is 62.4 Å². The van der Waals surface area contributed by atoms with Crippen molar-refractivity contribution in [2.24, 2.45) is 0 Å². The standard InChI is InChI=1S/C19H16/c1-3-13-9-11-17-15-7-5-4-6-14(15)16-10-8-12(2)18(13)19(16)17/h4-11H,3H2,1-2H3. The van der Waals surface area contributed by atoms with Crippen molar-refractivity contribution in [2.75, 3.05) is 0 Å². The van der Waals surface area contributed by atoms with E-state index in [0.717, 1.165) is 6.42 Å². The quantitative estimate of drug-likeness (QED) is 0.423. The van der Waals surface area contributed by atoms with Crippen molar-refractivity contribution >= 4 is 10.8 Å². The first-order valence-electron chi connectivity index (χ1n) is 6.96. The van der Waals surface area contributed by atoms with Crippen LogP contribution in [0, 0.1) is 6.92 Å². The molecule has 0 heteroatoms. The van der Waals surface area contributed by atoms with Crippen LogP contribution in [0.4, 0.5) is 0 Å². The number of fused-ring (bicyclic) bond motifs is 3. The van der Waals surface area contributed by atoms with E-state index in [1.165, 1.54) is 44.2 Å². The molecule has 0 unspecified atom stereocenters. The van der Waals surface area contributed by atoms with Gasteiger partial charge in [-0.2, -0.15) is 0 Å². The lowest BCUT2D eigenvalue weighted by molar-refractivity contribution is 1.16. The van der Waals surface area contributed by atoms with Crippen molar-refractivity contribution in [2.45, 2.75) is 20.3 Å². The maximum Gasteiger partial charge on any atom is -0.00209 e. The normalized spacial score (nSPS) is 11.9. The minimum absolute atomic E-state index is 1.09. The first kappa shape index (κ1) is 10.8. The third kappa shape index (κ3) is 1.29. The molecule has 0 saturated heterocycles. The maximum atomic E-state index is 2.30. The summed E-state index contributed by atoms with van der Waals surface area (Å²) < 4.78 is 0. The fourth-order valence-corrected chi connectivity index (χ4v) is 3.45. The van der Waals surface area contributed by atoms with E-state index in [1.807, 2.05) is 0 Å². The molecule has 92 valence electrons. The number of hydrogen-bond acceptors (Lipinski definition) is 0. The topological polar surface area (TPSA) is 0 Å². The third-order valence-corrected chi connectivity index (χ3v) is 4.34. The van der Waals surface area contributed by atoms with Gasteiger partial charge in [0.25, 0.3) is 0 Å². The van der Waals surface area contributed by atoms with E-state index in [-0.39, 0.29) is 0 Å². The summed E-state index contributed by atoms with van der Waals surface area (Å²) in [5.41, 5.74) is 8.44. The monoisotopic (exact) mass is 244 g/mol. The molecule has 0 aliphatic heterocycles. The second-order valence-corrected chi connectivity index (χ2v) is 5.35. The molecule has 19 heavy (non-hydrogen) atoms. The van der Waals surface area contributed by atoms with Gasteiger partial charge in [-0.05, 0) is 57.5 Å². The zero-order chi connectivity index (χ0) is 13.0. The Morgan fingerprint density at radius 1 is 0.684 bits per heavy atom. The summed E-state index contributed by atoms with van der Waals surface area (Å²) in [5, 5.41) is 2.93. The molecule has 0 fully saturated rings. The van der Waals surface area contributed by atoms with Crippen molar-refractivity contribution in [1.82, 2.24) is 0 Å². The Hall–Kier alpha value is -2.08. The van der Waals surface area contributed by atoms with Crippen LogP contribution in [0.25, 0.3) is 33.0 Å². The number of aryl methyl sites for hydroxylation is 2. The lowest BCUT2D eigenvalue weighted by Crippen LogP contribution is -1.88. The largest absolute Gasteiger partial charge is 0.0616 e. The Bertz CT molecular complexity index is 780. The molecule has 0 saturated carbocycles. The van der Waals surface area contributed by atoms with Gasteiger partial charge in [0.1, 0.15) is 0 Å². The van der Waals surface area contributed by atoms with Crippen LogP contribution in [0.3, 0.4) is 0 Å². The highest BCUT2D eigenvalue weighted by Gasteiger charge is 2.22. The van der Waals surface area contributed by atoms with Crippen molar-refractivity contribution < 1.29 is 0 Å². The van der Waals surface area contributed by atoms with Crippen LogP contribution in [0.2, 0.25) is 0 Å². The number of rotatable bonds is 1. The highest BCUT2D eigenvalue weighted by atomic mass is 14.2. The fraction of sp³-hybridized carbons (Fsp3) is 0.158. The summed E-state index contributed by atoms with van der Waals surface area (Å²) >= 11 is 0. The molecule has 1 aliphatic carbocycles. The molecule has 0 amide bonds. The fourth-order valence-electron chi connectivity index (χ4n) is 3.45. The predicted molar refractivity (Wildman–Crippen MR) is 82.5 cm³/mol. The van der Waals surface area contributed by atoms with Gasteiger partial charge in [0.2, 0.25) is 0 Å². The van der Waals surface area contributed by atoms with Gasteiger partial charge in [-0.1, -0.05) is 55.5 Å². The summed E-state index contributed by atoms with van der Waals surface area (Å²) in [6, 6.07) is 17.9. The van der Waals surface area contributed by atoms with E-state index in [0.29, 0.717) is 0 Å². The van der Waals surface area contributed by atoms with Gasteiger partial charge >= 0.3 is 0 Å². The Balaban J connectivity index is 2.26. The molecule has 0 heterocycles. The molecule has 0 bridgehead atoms. The zero-order valence-corrected chi connectivity index (χ0v) is 11.3. The Labute approximate surface area is 113 Å². The Morgan fingerprint density at radius 3 is 1.95 bits per heavy atom. The highest BCUT2D eigenvalue weighted by molar-refractivity contribution is 6.16. The minimum Gasteiger partial charge on any atom is -0.0616 e. The number of benzene rings is 3. The van der Waals surface area contributed by atoms with E-state index < -0.39 is 0 Å². The lowest BCUT2D eigenvalue weighted by Gasteiger charge is -2.10. The van der Waals surface area contributed by atoms with Gasteiger partial charge in [-0.15, -0.1) is 0 Å². The van der Waals surface area contributed by atoms with Crippen LogP contribution >= 0.6 is 0 Å². The SMILES string of the molecule is CCc1ccc2c3c(ccc(C)c13)-c1ccccc1-2.